The first-order chi connectivity index (χ1) is 15.8. The van der Waals surface area contributed by atoms with Gasteiger partial charge in [0.2, 0.25) is 5.78 Å². The number of aliphatic hydroxyl groups excluding tert-OH is 3. The number of rotatable bonds is 2. The lowest BCUT2D eigenvalue weighted by atomic mass is 9.54. The molecule has 10 heteroatoms. The maximum absolute atomic E-state index is 13.8. The molecule has 7 N–H and O–H groups in total. The summed E-state index contributed by atoms with van der Waals surface area (Å²) in [5.74, 6) is -7.11. The van der Waals surface area contributed by atoms with Crippen LogP contribution >= 0.6 is 0 Å². The minimum absolute atomic E-state index is 0.0478. The van der Waals surface area contributed by atoms with Crippen molar-refractivity contribution in [3.63, 3.8) is 0 Å². The number of primary amides is 1. The second-order valence-corrected chi connectivity index (χ2v) is 9.12. The zero-order chi connectivity index (χ0) is 25.4. The summed E-state index contributed by atoms with van der Waals surface area (Å²) in [4.78, 5) is 40.2. The lowest BCUT2D eigenvalue weighted by Crippen LogP contribution is -2.70. The van der Waals surface area contributed by atoms with Gasteiger partial charge in [-0.3, -0.25) is 19.3 Å². The Labute approximate surface area is 194 Å². The average molecular weight is 468 g/mol. The molecule has 10 nitrogen and oxygen atoms in total. The molecule has 0 bridgehead atoms. The van der Waals surface area contributed by atoms with Crippen molar-refractivity contribution in [1.29, 1.82) is 0 Å². The van der Waals surface area contributed by atoms with Gasteiger partial charge in [0.1, 0.15) is 22.8 Å². The largest absolute Gasteiger partial charge is 0.508 e. The van der Waals surface area contributed by atoms with Crippen LogP contribution in [0.25, 0.3) is 5.76 Å². The van der Waals surface area contributed by atoms with Gasteiger partial charge in [-0.15, -0.1) is 6.42 Å². The second-order valence-electron chi connectivity index (χ2n) is 9.12. The van der Waals surface area contributed by atoms with Crippen molar-refractivity contribution in [2.45, 2.75) is 30.6 Å². The minimum atomic E-state index is -2.94. The number of phenolic OH excluding ortho intramolecular Hbond substituents is 1. The lowest BCUT2D eigenvalue weighted by Gasteiger charge is -2.53. The van der Waals surface area contributed by atoms with E-state index >= 15 is 0 Å². The van der Waals surface area contributed by atoms with E-state index in [9.17, 15) is 39.9 Å². The quantitative estimate of drug-likeness (QED) is 0.246. The predicted molar refractivity (Wildman–Crippen MR) is 118 cm³/mol. The molecule has 0 saturated heterocycles. The van der Waals surface area contributed by atoms with Gasteiger partial charge in [-0.25, -0.2) is 0 Å². The van der Waals surface area contributed by atoms with Gasteiger partial charge in [0.15, 0.2) is 11.4 Å². The van der Waals surface area contributed by atoms with E-state index in [1.54, 1.807) is 13.0 Å². The molecule has 6 atom stereocenters. The zero-order valence-corrected chi connectivity index (χ0v) is 18.6. The zero-order valence-electron chi connectivity index (χ0n) is 18.6. The molecule has 0 unspecified atom stereocenters. The van der Waals surface area contributed by atoms with E-state index < -0.39 is 81.4 Å². The number of likely N-dealkylation sites (N-methyl/N-ethyl adjacent to an activating group) is 1. The first-order valence-electron chi connectivity index (χ1n) is 10.5. The van der Waals surface area contributed by atoms with Crippen molar-refractivity contribution in [3.8, 4) is 18.1 Å². The number of hydrogen-bond acceptors (Lipinski definition) is 9. The SMILES string of the molecule is C#Cc1ccc2c(c1O)C(O)=C1C(=O)[C@]3(O)C(O)=C(C(N)=O)C(=O)[C@@H](N(C)C)[C@@H]3[C@@H](O)[C@@H]1[C@H]2C. The van der Waals surface area contributed by atoms with Gasteiger partial charge in [0, 0.05) is 11.5 Å². The number of hydrogen-bond donors (Lipinski definition) is 6. The van der Waals surface area contributed by atoms with Crippen molar-refractivity contribution in [2.24, 2.45) is 17.6 Å². The molecule has 4 rings (SSSR count). The molecule has 34 heavy (non-hydrogen) atoms. The minimum Gasteiger partial charge on any atom is -0.508 e. The normalized spacial score (nSPS) is 32.8. The summed E-state index contributed by atoms with van der Waals surface area (Å²) in [5, 5.41) is 55.6. The number of Topliss-reactive ketones (excluding diaryl/α,β-unsaturated/α-hetero) is 2. The average Bonchev–Trinajstić information content (AvgIpc) is 2.75. The van der Waals surface area contributed by atoms with Crippen LogP contribution in [0.2, 0.25) is 0 Å². The number of terminal acetylenes is 1. The summed E-state index contributed by atoms with van der Waals surface area (Å²) in [7, 11) is 2.89. The van der Waals surface area contributed by atoms with E-state index in [0.29, 0.717) is 5.56 Å². The number of carbonyl (C=O) groups excluding carboxylic acids is 3. The monoisotopic (exact) mass is 468 g/mol. The topological polar surface area (TPSA) is 182 Å². The van der Waals surface area contributed by atoms with Crippen LogP contribution in [0.1, 0.15) is 29.5 Å². The molecule has 1 aromatic rings. The number of carbonyl (C=O) groups is 3. The molecule has 1 aromatic carbocycles. The molecule has 0 aromatic heterocycles. The smallest absolute Gasteiger partial charge is 0.255 e. The Hall–Kier alpha value is -3.65. The summed E-state index contributed by atoms with van der Waals surface area (Å²) in [6.45, 7) is 1.64. The molecule has 0 heterocycles. The highest BCUT2D eigenvalue weighted by Gasteiger charge is 2.68. The molecule has 3 aliphatic carbocycles. The van der Waals surface area contributed by atoms with Crippen molar-refractivity contribution in [1.82, 2.24) is 4.90 Å². The number of aliphatic hydroxyl groups is 4. The number of aromatic hydroxyl groups is 1. The molecular weight excluding hydrogens is 444 g/mol. The summed E-state index contributed by atoms with van der Waals surface area (Å²) in [5.41, 5.74) is 1.22. The Bertz CT molecular complexity index is 1270. The molecular formula is C24H24N2O8. The van der Waals surface area contributed by atoms with Crippen LogP contribution in [0, 0.1) is 24.2 Å². The molecule has 1 fully saturated rings. The standard InChI is InChI=1S/C24H24N2O8/c1-5-9-6-7-10-8(2)11-13(18(28)12(10)17(9)27)21(31)24(34)15(19(11)29)16(26(3)4)20(30)14(22(24)32)23(25)33/h1,6-8,11,15-16,19,27-29,32,34H,2-4H3,(H2,25,33)/t8-,11+,15+,16-,19-,24-/m0/s1. The molecule has 1 saturated carbocycles. The van der Waals surface area contributed by atoms with Gasteiger partial charge in [0.05, 0.1) is 29.2 Å². The number of nitrogens with two attached hydrogens (primary N) is 1. The van der Waals surface area contributed by atoms with E-state index in [0.717, 1.165) is 0 Å². The highest BCUT2D eigenvalue weighted by molar-refractivity contribution is 6.24. The third-order valence-corrected chi connectivity index (χ3v) is 7.28. The predicted octanol–water partition coefficient (Wildman–Crippen LogP) is -0.523. The van der Waals surface area contributed by atoms with Crippen LogP contribution in [0.4, 0.5) is 0 Å². The molecule has 3 aliphatic rings. The highest BCUT2D eigenvalue weighted by atomic mass is 16.4. The number of nitrogens with zero attached hydrogens (tertiary/aromatic N) is 1. The Morgan fingerprint density at radius 3 is 2.35 bits per heavy atom. The van der Waals surface area contributed by atoms with E-state index in [1.807, 2.05) is 0 Å². The van der Waals surface area contributed by atoms with Crippen LogP contribution in [-0.2, 0) is 14.4 Å². The fourth-order valence-electron chi connectivity index (χ4n) is 5.73. The summed E-state index contributed by atoms with van der Waals surface area (Å²) in [6.07, 6.45) is 3.76. The van der Waals surface area contributed by atoms with Crippen molar-refractivity contribution >= 4 is 23.2 Å². The number of phenols is 1. The number of benzene rings is 1. The van der Waals surface area contributed by atoms with Gasteiger partial charge < -0.3 is 31.3 Å². The maximum atomic E-state index is 13.8. The molecule has 1 amide bonds. The van der Waals surface area contributed by atoms with Gasteiger partial charge in [-0.1, -0.05) is 18.9 Å². The Kier molecular flexibility index (Phi) is 5.14. The number of fused-ring (bicyclic) bond motifs is 3. The Morgan fingerprint density at radius 2 is 1.82 bits per heavy atom. The number of ketones is 2. The van der Waals surface area contributed by atoms with E-state index in [1.165, 1.54) is 25.1 Å². The first-order valence-corrected chi connectivity index (χ1v) is 10.5. The fourth-order valence-corrected chi connectivity index (χ4v) is 5.73. The Balaban J connectivity index is 2.08. The first kappa shape index (κ1) is 23.5. The maximum Gasteiger partial charge on any atom is 0.255 e. The molecule has 0 aliphatic heterocycles. The summed E-state index contributed by atoms with van der Waals surface area (Å²) in [6, 6.07) is 1.62. The summed E-state index contributed by atoms with van der Waals surface area (Å²) < 4.78 is 0. The molecule has 178 valence electrons. The molecule has 0 spiro atoms. The van der Waals surface area contributed by atoms with E-state index in [4.69, 9.17) is 12.2 Å². The highest BCUT2D eigenvalue weighted by Crippen LogP contribution is 2.56. The molecule has 0 radical (unpaired) electrons. The van der Waals surface area contributed by atoms with Gasteiger partial charge in [0.25, 0.3) is 5.91 Å². The van der Waals surface area contributed by atoms with E-state index in [2.05, 4.69) is 5.92 Å². The van der Waals surface area contributed by atoms with E-state index in [-0.39, 0.29) is 11.1 Å². The fraction of sp³-hybridized carbons (Fsp3) is 0.375. The van der Waals surface area contributed by atoms with Crippen molar-refractivity contribution in [2.75, 3.05) is 14.1 Å². The van der Waals surface area contributed by atoms with Crippen molar-refractivity contribution in [3.05, 3.63) is 45.7 Å². The number of amides is 1. The third kappa shape index (κ3) is 2.66. The van der Waals surface area contributed by atoms with Crippen LogP contribution in [0.5, 0.6) is 5.75 Å². The van der Waals surface area contributed by atoms with Crippen LogP contribution in [0.3, 0.4) is 0 Å². The van der Waals surface area contributed by atoms with Gasteiger partial charge in [-0.2, -0.15) is 0 Å². The second kappa shape index (κ2) is 7.43. The lowest BCUT2D eigenvalue weighted by molar-refractivity contribution is -0.169. The Morgan fingerprint density at radius 1 is 1.21 bits per heavy atom. The van der Waals surface area contributed by atoms with Gasteiger partial charge >= 0.3 is 0 Å². The van der Waals surface area contributed by atoms with Crippen LogP contribution in [0.15, 0.2) is 29.0 Å². The third-order valence-electron chi connectivity index (χ3n) is 7.28. The van der Waals surface area contributed by atoms with Crippen LogP contribution in [-0.4, -0.2) is 79.7 Å². The summed E-state index contributed by atoms with van der Waals surface area (Å²) >= 11 is 0. The van der Waals surface area contributed by atoms with Crippen molar-refractivity contribution < 1.29 is 39.9 Å². The van der Waals surface area contributed by atoms with Gasteiger partial charge in [-0.05, 0) is 31.6 Å². The van der Waals surface area contributed by atoms with Crippen LogP contribution < -0.4 is 5.73 Å².